The third-order valence-corrected chi connectivity index (χ3v) is 2.80. The predicted octanol–water partition coefficient (Wildman–Crippen LogP) is 4.52. The van der Waals surface area contributed by atoms with Crippen molar-refractivity contribution in [3.63, 3.8) is 0 Å². The molecule has 6 heteroatoms. The van der Waals surface area contributed by atoms with Gasteiger partial charge in [0.25, 0.3) is 0 Å². The second-order valence-electron chi connectivity index (χ2n) is 3.90. The summed E-state index contributed by atoms with van der Waals surface area (Å²) in [7, 11) is -0.360. The van der Waals surface area contributed by atoms with E-state index in [4.69, 9.17) is 9.63 Å². The molecule has 2 rings (SSSR count). The Bertz CT molecular complexity index is 604. The molecule has 0 spiro atoms. The van der Waals surface area contributed by atoms with Gasteiger partial charge in [0.2, 0.25) is 0 Å². The van der Waals surface area contributed by atoms with E-state index in [1.165, 1.54) is 30.1 Å². The molecule has 0 radical (unpaired) electrons. The summed E-state index contributed by atoms with van der Waals surface area (Å²) in [5.41, 5.74) is 0.927. The van der Waals surface area contributed by atoms with Crippen LogP contribution in [0.1, 0.15) is 25.1 Å². The second kappa shape index (κ2) is 9.98. The van der Waals surface area contributed by atoms with Crippen LogP contribution >= 0.6 is 8.81 Å². The van der Waals surface area contributed by atoms with Crippen molar-refractivity contribution in [2.24, 2.45) is 0 Å². The Balaban J connectivity index is 0.00000116. The van der Waals surface area contributed by atoms with Crippen LogP contribution in [-0.2, 0) is 6.61 Å². The first-order valence-corrected chi connectivity index (χ1v) is 7.80. The molecule has 0 aliphatic heterocycles. The topological polar surface area (TPSA) is 42.4 Å². The zero-order valence-electron chi connectivity index (χ0n) is 12.4. The third kappa shape index (κ3) is 5.88. The van der Waals surface area contributed by atoms with Gasteiger partial charge in [0.1, 0.15) is 24.0 Å². The van der Waals surface area contributed by atoms with E-state index in [1.807, 2.05) is 13.8 Å². The SMILES string of the molecule is CC.OP/C=C/c1ccc(OCc2ccc(F)cn2)cc1F. The minimum absolute atomic E-state index is 0.132. The number of ether oxygens (including phenoxy) is 1. The number of nitrogens with zero attached hydrogens (tertiary/aromatic N) is 1. The van der Waals surface area contributed by atoms with Crippen molar-refractivity contribution in [3.8, 4) is 5.75 Å². The number of hydrogen-bond donors (Lipinski definition) is 1. The summed E-state index contributed by atoms with van der Waals surface area (Å²) in [4.78, 5) is 12.5. The lowest BCUT2D eigenvalue weighted by Gasteiger charge is -2.06. The fourth-order valence-corrected chi connectivity index (χ4v) is 1.76. The smallest absolute Gasteiger partial charge is 0.141 e. The molecule has 0 aliphatic carbocycles. The highest BCUT2D eigenvalue weighted by molar-refractivity contribution is 7.35. The Hall–Kier alpha value is -1.84. The van der Waals surface area contributed by atoms with Crippen molar-refractivity contribution in [2.75, 3.05) is 0 Å². The number of pyridine rings is 1. The van der Waals surface area contributed by atoms with E-state index in [-0.39, 0.29) is 15.4 Å². The van der Waals surface area contributed by atoms with Crippen LogP contribution in [0.3, 0.4) is 0 Å². The van der Waals surface area contributed by atoms with Crippen molar-refractivity contribution >= 4 is 14.9 Å². The van der Waals surface area contributed by atoms with Gasteiger partial charge < -0.3 is 9.63 Å². The number of hydrogen-bond acceptors (Lipinski definition) is 3. The van der Waals surface area contributed by atoms with E-state index in [0.29, 0.717) is 17.0 Å². The van der Waals surface area contributed by atoms with Crippen LogP contribution < -0.4 is 4.74 Å². The Morgan fingerprint density at radius 3 is 2.59 bits per heavy atom. The van der Waals surface area contributed by atoms with Crippen LogP contribution in [0.15, 0.2) is 42.3 Å². The monoisotopic (exact) mass is 325 g/mol. The van der Waals surface area contributed by atoms with Crippen LogP contribution in [0.25, 0.3) is 6.08 Å². The van der Waals surface area contributed by atoms with Crippen LogP contribution in [0, 0.1) is 11.6 Å². The summed E-state index contributed by atoms with van der Waals surface area (Å²) >= 11 is 0. The van der Waals surface area contributed by atoms with Gasteiger partial charge >= 0.3 is 0 Å². The van der Waals surface area contributed by atoms with Crippen molar-refractivity contribution in [1.29, 1.82) is 0 Å². The molecule has 0 saturated carbocycles. The van der Waals surface area contributed by atoms with Gasteiger partial charge in [-0.15, -0.1) is 0 Å². The highest BCUT2D eigenvalue weighted by atomic mass is 31.1. The van der Waals surface area contributed by atoms with Gasteiger partial charge in [0, 0.05) is 20.4 Å². The minimum atomic E-state index is -0.441. The summed E-state index contributed by atoms with van der Waals surface area (Å²) in [6, 6.07) is 7.22. The summed E-state index contributed by atoms with van der Waals surface area (Å²) in [5.74, 6) is 0.975. The van der Waals surface area contributed by atoms with Crippen LogP contribution in [0.2, 0.25) is 0 Å². The van der Waals surface area contributed by atoms with Gasteiger partial charge in [-0.05, 0) is 36.2 Å². The molecule has 1 aromatic heterocycles. The lowest BCUT2D eigenvalue weighted by Crippen LogP contribution is -1.99. The molecule has 1 N–H and O–H groups in total. The first-order valence-electron chi connectivity index (χ1n) is 6.78. The van der Waals surface area contributed by atoms with Gasteiger partial charge in [0.05, 0.1) is 11.9 Å². The molecule has 0 aliphatic rings. The van der Waals surface area contributed by atoms with Crippen LogP contribution in [0.5, 0.6) is 5.75 Å². The maximum Gasteiger partial charge on any atom is 0.141 e. The van der Waals surface area contributed by atoms with Gasteiger partial charge in [0.15, 0.2) is 0 Å². The maximum atomic E-state index is 13.7. The van der Waals surface area contributed by atoms with Gasteiger partial charge in [-0.3, -0.25) is 4.98 Å². The quantitative estimate of drug-likeness (QED) is 0.822. The number of rotatable bonds is 5. The van der Waals surface area contributed by atoms with Crippen molar-refractivity contribution in [2.45, 2.75) is 20.5 Å². The highest BCUT2D eigenvalue weighted by Gasteiger charge is 2.03. The van der Waals surface area contributed by atoms with Crippen LogP contribution in [-0.4, -0.2) is 9.88 Å². The van der Waals surface area contributed by atoms with Gasteiger partial charge in [-0.2, -0.15) is 0 Å². The highest BCUT2D eigenvalue weighted by Crippen LogP contribution is 2.20. The molecule has 1 aromatic carbocycles. The lowest BCUT2D eigenvalue weighted by atomic mass is 10.2. The van der Waals surface area contributed by atoms with Crippen molar-refractivity contribution in [1.82, 2.24) is 4.98 Å². The summed E-state index contributed by atoms with van der Waals surface area (Å²) in [5, 5.41) is 0. The first-order chi connectivity index (χ1) is 10.7. The van der Waals surface area contributed by atoms with Gasteiger partial charge in [-0.25, -0.2) is 8.78 Å². The lowest BCUT2D eigenvalue weighted by molar-refractivity contribution is 0.299. The van der Waals surface area contributed by atoms with Crippen LogP contribution in [0.4, 0.5) is 8.78 Å². The number of aromatic nitrogens is 1. The standard InChI is InChI=1S/C14H12F2NO2P.C2H6/c15-11-2-3-12(17-8-11)9-19-13-4-1-10(5-6-20-18)14(16)7-13;1-2/h1-8,18,20H,9H2;1-2H3/b6-5+;. The summed E-state index contributed by atoms with van der Waals surface area (Å²) in [6.07, 6.45) is 2.60. The molecule has 2 aromatic rings. The molecule has 3 nitrogen and oxygen atoms in total. The van der Waals surface area contributed by atoms with E-state index >= 15 is 0 Å². The fraction of sp³-hybridized carbons (Fsp3) is 0.188. The zero-order chi connectivity index (χ0) is 16.4. The molecular formula is C16H18F2NO2P. The number of benzene rings is 1. The average Bonchev–Trinajstić information content (AvgIpc) is 2.55. The van der Waals surface area contributed by atoms with E-state index in [2.05, 4.69) is 4.98 Å². The predicted molar refractivity (Wildman–Crippen MR) is 85.8 cm³/mol. The molecule has 1 unspecified atom stereocenters. The Kier molecular flexibility index (Phi) is 8.26. The van der Waals surface area contributed by atoms with Crippen molar-refractivity contribution in [3.05, 3.63) is 65.2 Å². The van der Waals surface area contributed by atoms with E-state index < -0.39 is 11.6 Å². The molecule has 1 heterocycles. The average molecular weight is 325 g/mol. The molecule has 0 saturated heterocycles. The molecule has 0 amide bonds. The van der Waals surface area contributed by atoms with E-state index in [0.717, 1.165) is 6.20 Å². The molecule has 1 atom stereocenters. The fourth-order valence-electron chi connectivity index (χ4n) is 1.51. The third-order valence-electron chi connectivity index (χ3n) is 2.48. The van der Waals surface area contributed by atoms with Crippen molar-refractivity contribution < 1.29 is 18.4 Å². The van der Waals surface area contributed by atoms with Gasteiger partial charge in [-0.1, -0.05) is 13.8 Å². The number of halogens is 2. The Labute approximate surface area is 130 Å². The first kappa shape index (κ1) is 18.2. The second-order valence-corrected chi connectivity index (χ2v) is 4.49. The van der Waals surface area contributed by atoms with E-state index in [1.54, 1.807) is 12.1 Å². The Morgan fingerprint density at radius 1 is 1.23 bits per heavy atom. The largest absolute Gasteiger partial charge is 0.487 e. The molecular weight excluding hydrogens is 307 g/mol. The zero-order valence-corrected chi connectivity index (χ0v) is 13.4. The summed E-state index contributed by atoms with van der Waals surface area (Å²) < 4.78 is 31.7. The minimum Gasteiger partial charge on any atom is -0.487 e. The molecule has 22 heavy (non-hydrogen) atoms. The maximum absolute atomic E-state index is 13.7. The van der Waals surface area contributed by atoms with E-state index in [9.17, 15) is 8.78 Å². The normalized spacial score (nSPS) is 10.8. The summed E-state index contributed by atoms with van der Waals surface area (Å²) in [6.45, 7) is 4.13. The molecule has 0 fully saturated rings. The molecule has 0 bridgehead atoms. The molecule has 118 valence electrons. The Morgan fingerprint density at radius 2 is 2.00 bits per heavy atom.